The molecular weight excluding hydrogens is 252 g/mol. The molecule has 0 aliphatic carbocycles. The van der Waals surface area contributed by atoms with E-state index in [0.29, 0.717) is 5.02 Å². The lowest BCUT2D eigenvalue weighted by atomic mass is 10.3. The monoisotopic (exact) mass is 260 g/mol. The minimum atomic E-state index is -1.16. The zero-order valence-corrected chi connectivity index (χ0v) is 9.31. The first kappa shape index (κ1) is 13.1. The van der Waals surface area contributed by atoms with Gasteiger partial charge in [-0.05, 0) is 12.1 Å². The molecule has 0 heterocycles. The van der Waals surface area contributed by atoms with Crippen LogP contribution in [0.4, 0.5) is 0 Å². The quantitative estimate of drug-likeness (QED) is 0.800. The van der Waals surface area contributed by atoms with Crippen LogP contribution in [0, 0.1) is 0 Å². The van der Waals surface area contributed by atoms with E-state index >= 15 is 0 Å². The van der Waals surface area contributed by atoms with E-state index in [1.807, 2.05) is 0 Å². The lowest BCUT2D eigenvalue weighted by molar-refractivity contribution is -0.140. The van der Waals surface area contributed by atoms with Crippen LogP contribution in [0.1, 0.15) is 0 Å². The fourth-order valence-electron chi connectivity index (χ4n) is 0.993. The van der Waals surface area contributed by atoms with Crippen molar-refractivity contribution in [3.8, 4) is 11.5 Å². The number of benzene rings is 1. The SMILES string of the molecule is O=C(O)COc1ccc(Cl)cc1OCC(=O)O. The van der Waals surface area contributed by atoms with E-state index in [-0.39, 0.29) is 11.5 Å². The summed E-state index contributed by atoms with van der Waals surface area (Å²) >= 11 is 5.70. The summed E-state index contributed by atoms with van der Waals surface area (Å²) in [4.78, 5) is 20.7. The van der Waals surface area contributed by atoms with Crippen molar-refractivity contribution >= 4 is 23.5 Å². The highest BCUT2D eigenvalue weighted by Crippen LogP contribution is 2.30. The molecule has 0 spiro atoms. The third-order valence-corrected chi connectivity index (χ3v) is 1.84. The molecule has 0 fully saturated rings. The third-order valence-electron chi connectivity index (χ3n) is 1.61. The van der Waals surface area contributed by atoms with Gasteiger partial charge in [0.1, 0.15) is 0 Å². The molecule has 1 rings (SSSR count). The standard InChI is InChI=1S/C10H9ClO6/c11-6-1-2-7(16-4-9(12)13)8(3-6)17-5-10(14)15/h1-3H,4-5H2,(H,12,13)(H,14,15). The Morgan fingerprint density at radius 2 is 1.59 bits per heavy atom. The fourth-order valence-corrected chi connectivity index (χ4v) is 1.16. The highest BCUT2D eigenvalue weighted by Gasteiger charge is 2.09. The van der Waals surface area contributed by atoms with Crippen LogP contribution in [-0.2, 0) is 9.59 Å². The van der Waals surface area contributed by atoms with Gasteiger partial charge in [0, 0.05) is 11.1 Å². The molecule has 0 aromatic heterocycles. The summed E-state index contributed by atoms with van der Waals surface area (Å²) in [5.74, 6) is -2.10. The van der Waals surface area contributed by atoms with Crippen molar-refractivity contribution < 1.29 is 29.3 Å². The summed E-state index contributed by atoms with van der Waals surface area (Å²) in [5, 5.41) is 17.2. The first-order valence-corrected chi connectivity index (χ1v) is 4.85. The number of carboxylic acids is 2. The summed E-state index contributed by atoms with van der Waals surface area (Å²) in [6.07, 6.45) is 0. The molecule has 0 aliphatic rings. The Morgan fingerprint density at radius 1 is 1.06 bits per heavy atom. The van der Waals surface area contributed by atoms with E-state index in [0.717, 1.165) is 0 Å². The van der Waals surface area contributed by atoms with Crippen molar-refractivity contribution in [2.75, 3.05) is 13.2 Å². The zero-order valence-electron chi connectivity index (χ0n) is 8.55. The van der Waals surface area contributed by atoms with Gasteiger partial charge in [-0.25, -0.2) is 9.59 Å². The Morgan fingerprint density at radius 3 is 2.12 bits per heavy atom. The van der Waals surface area contributed by atoms with Crippen molar-refractivity contribution in [2.24, 2.45) is 0 Å². The summed E-state index contributed by atoms with van der Waals surface area (Å²) in [6.45, 7) is -1.12. The van der Waals surface area contributed by atoms with Crippen molar-refractivity contribution in [1.29, 1.82) is 0 Å². The van der Waals surface area contributed by atoms with Crippen LogP contribution in [0.25, 0.3) is 0 Å². The molecule has 7 heteroatoms. The van der Waals surface area contributed by atoms with Crippen LogP contribution in [0.5, 0.6) is 11.5 Å². The predicted octanol–water partition coefficient (Wildman–Crippen LogP) is 1.27. The summed E-state index contributed by atoms with van der Waals surface area (Å²) < 4.78 is 9.82. The number of aliphatic carboxylic acids is 2. The second-order valence-corrected chi connectivity index (χ2v) is 3.39. The number of carboxylic acid groups (broad SMARTS) is 2. The summed E-state index contributed by atoms with van der Waals surface area (Å²) in [7, 11) is 0. The van der Waals surface area contributed by atoms with E-state index < -0.39 is 25.2 Å². The molecule has 92 valence electrons. The first-order valence-electron chi connectivity index (χ1n) is 4.48. The molecule has 0 saturated heterocycles. The molecule has 2 N–H and O–H groups in total. The number of carbonyl (C=O) groups is 2. The molecule has 6 nitrogen and oxygen atoms in total. The van der Waals surface area contributed by atoms with Crippen LogP contribution >= 0.6 is 11.6 Å². The number of rotatable bonds is 6. The zero-order chi connectivity index (χ0) is 12.8. The molecule has 1 aromatic carbocycles. The van der Waals surface area contributed by atoms with E-state index in [2.05, 4.69) is 0 Å². The van der Waals surface area contributed by atoms with Crippen LogP contribution in [0.15, 0.2) is 18.2 Å². The molecule has 0 bridgehead atoms. The van der Waals surface area contributed by atoms with Crippen molar-refractivity contribution in [2.45, 2.75) is 0 Å². The normalized spacial score (nSPS) is 9.71. The average Bonchev–Trinajstić information content (AvgIpc) is 2.24. The fraction of sp³-hybridized carbons (Fsp3) is 0.200. The van der Waals surface area contributed by atoms with Gasteiger partial charge in [0.15, 0.2) is 24.7 Å². The first-order chi connectivity index (χ1) is 7.99. The Bertz CT molecular complexity index is 431. The van der Waals surface area contributed by atoms with Crippen LogP contribution < -0.4 is 9.47 Å². The van der Waals surface area contributed by atoms with E-state index in [1.54, 1.807) is 0 Å². The van der Waals surface area contributed by atoms with Crippen molar-refractivity contribution in [3.05, 3.63) is 23.2 Å². The third kappa shape index (κ3) is 4.60. The van der Waals surface area contributed by atoms with Gasteiger partial charge in [0.2, 0.25) is 0 Å². The molecule has 0 atom stereocenters. The minimum absolute atomic E-state index is 0.0844. The smallest absolute Gasteiger partial charge is 0.341 e. The van der Waals surface area contributed by atoms with E-state index in [4.69, 9.17) is 31.3 Å². The van der Waals surface area contributed by atoms with Gasteiger partial charge in [-0.3, -0.25) is 0 Å². The Hall–Kier alpha value is -1.95. The van der Waals surface area contributed by atoms with Gasteiger partial charge < -0.3 is 19.7 Å². The van der Waals surface area contributed by atoms with Crippen molar-refractivity contribution in [1.82, 2.24) is 0 Å². The lowest BCUT2D eigenvalue weighted by Gasteiger charge is -2.10. The Kier molecular flexibility index (Phi) is 4.59. The Labute approximate surface area is 101 Å². The van der Waals surface area contributed by atoms with E-state index in [1.165, 1.54) is 18.2 Å². The van der Waals surface area contributed by atoms with Crippen LogP contribution in [-0.4, -0.2) is 35.4 Å². The van der Waals surface area contributed by atoms with Gasteiger partial charge in [0.25, 0.3) is 0 Å². The maximum Gasteiger partial charge on any atom is 0.341 e. The van der Waals surface area contributed by atoms with Gasteiger partial charge >= 0.3 is 11.9 Å². The minimum Gasteiger partial charge on any atom is -0.479 e. The summed E-state index contributed by atoms with van der Waals surface area (Å²) in [5.41, 5.74) is 0. The number of hydrogen-bond acceptors (Lipinski definition) is 4. The summed E-state index contributed by atoms with van der Waals surface area (Å²) in [6, 6.07) is 4.23. The van der Waals surface area contributed by atoms with Crippen LogP contribution in [0.2, 0.25) is 5.02 Å². The molecule has 1 aromatic rings. The average molecular weight is 261 g/mol. The molecule has 0 unspecified atom stereocenters. The molecule has 0 aliphatic heterocycles. The molecule has 17 heavy (non-hydrogen) atoms. The lowest BCUT2D eigenvalue weighted by Crippen LogP contribution is -2.13. The van der Waals surface area contributed by atoms with Crippen LogP contribution in [0.3, 0.4) is 0 Å². The predicted molar refractivity (Wildman–Crippen MR) is 57.7 cm³/mol. The number of ether oxygens (including phenoxy) is 2. The molecule has 0 radical (unpaired) electrons. The topological polar surface area (TPSA) is 93.1 Å². The maximum atomic E-state index is 10.3. The van der Waals surface area contributed by atoms with E-state index in [9.17, 15) is 9.59 Å². The maximum absolute atomic E-state index is 10.3. The second kappa shape index (κ2) is 5.95. The second-order valence-electron chi connectivity index (χ2n) is 2.96. The highest BCUT2D eigenvalue weighted by atomic mass is 35.5. The highest BCUT2D eigenvalue weighted by molar-refractivity contribution is 6.30. The molecular formula is C10H9ClO6. The number of hydrogen-bond donors (Lipinski definition) is 2. The van der Waals surface area contributed by atoms with Gasteiger partial charge in [-0.1, -0.05) is 11.6 Å². The largest absolute Gasteiger partial charge is 0.479 e. The number of halogens is 1. The van der Waals surface area contributed by atoms with Crippen molar-refractivity contribution in [3.63, 3.8) is 0 Å². The van der Waals surface area contributed by atoms with Gasteiger partial charge in [0.05, 0.1) is 0 Å². The molecule has 0 amide bonds. The Balaban J connectivity index is 2.79. The van der Waals surface area contributed by atoms with Gasteiger partial charge in [-0.15, -0.1) is 0 Å². The van der Waals surface area contributed by atoms with Gasteiger partial charge in [-0.2, -0.15) is 0 Å². The molecule has 0 saturated carbocycles.